The van der Waals surface area contributed by atoms with Gasteiger partial charge in [-0.1, -0.05) is 134 Å². The average molecular weight is 490 g/mol. The molecule has 0 unspecified atom stereocenters. The Hall–Kier alpha value is -0.890. The summed E-state index contributed by atoms with van der Waals surface area (Å²) in [7, 11) is 0. The van der Waals surface area contributed by atoms with Crippen LogP contribution >= 0.6 is 0 Å². The second-order valence-electron chi connectivity index (χ2n) is 10.7. The van der Waals surface area contributed by atoms with Gasteiger partial charge in [-0.2, -0.15) is 0 Å². The SMILES string of the molecule is CCCCC/C=C\C/C=C\CCCCCCCCN(CCCCCCCCCCCC)CC(C)=O. The summed E-state index contributed by atoms with van der Waals surface area (Å²) < 4.78 is 0. The van der Waals surface area contributed by atoms with Gasteiger partial charge in [0, 0.05) is 0 Å². The van der Waals surface area contributed by atoms with Crippen LogP contribution in [-0.4, -0.2) is 30.3 Å². The van der Waals surface area contributed by atoms with Crippen molar-refractivity contribution in [1.82, 2.24) is 4.90 Å². The van der Waals surface area contributed by atoms with Gasteiger partial charge in [0.25, 0.3) is 0 Å². The Morgan fingerprint density at radius 2 is 0.886 bits per heavy atom. The molecule has 0 fully saturated rings. The van der Waals surface area contributed by atoms with Gasteiger partial charge < -0.3 is 0 Å². The molecule has 35 heavy (non-hydrogen) atoms. The maximum Gasteiger partial charge on any atom is 0.143 e. The number of rotatable bonds is 28. The maximum atomic E-state index is 11.7. The lowest BCUT2D eigenvalue weighted by Gasteiger charge is -2.21. The Morgan fingerprint density at radius 1 is 0.514 bits per heavy atom. The number of nitrogens with zero attached hydrogens (tertiary/aromatic N) is 1. The van der Waals surface area contributed by atoms with Crippen molar-refractivity contribution >= 4 is 5.78 Å². The van der Waals surface area contributed by atoms with Crippen molar-refractivity contribution in [3.05, 3.63) is 24.3 Å². The molecule has 0 aromatic carbocycles. The van der Waals surface area contributed by atoms with Crippen molar-refractivity contribution in [2.45, 2.75) is 162 Å². The van der Waals surface area contributed by atoms with Gasteiger partial charge >= 0.3 is 0 Å². The molecule has 0 aromatic heterocycles. The summed E-state index contributed by atoms with van der Waals surface area (Å²) >= 11 is 0. The van der Waals surface area contributed by atoms with E-state index in [1.165, 1.54) is 135 Å². The molecule has 2 heteroatoms. The van der Waals surface area contributed by atoms with E-state index in [0.717, 1.165) is 19.5 Å². The van der Waals surface area contributed by atoms with Crippen LogP contribution in [-0.2, 0) is 4.79 Å². The first-order valence-corrected chi connectivity index (χ1v) is 15.7. The molecule has 0 atom stereocenters. The van der Waals surface area contributed by atoms with Crippen molar-refractivity contribution < 1.29 is 4.79 Å². The van der Waals surface area contributed by atoms with E-state index < -0.39 is 0 Å². The van der Waals surface area contributed by atoms with Gasteiger partial charge in [0.05, 0.1) is 6.54 Å². The fraction of sp³-hybridized carbons (Fsp3) is 0.848. The molecule has 0 amide bonds. The number of allylic oxidation sites excluding steroid dienone is 4. The molecule has 0 aliphatic heterocycles. The normalized spacial score (nSPS) is 12.0. The predicted octanol–water partition coefficient (Wildman–Crippen LogP) is 10.6. The zero-order valence-corrected chi connectivity index (χ0v) is 24.3. The van der Waals surface area contributed by atoms with Crippen LogP contribution in [0.15, 0.2) is 24.3 Å². The molecule has 0 aromatic rings. The molecule has 0 bridgehead atoms. The lowest BCUT2D eigenvalue weighted by atomic mass is 10.1. The summed E-state index contributed by atoms with van der Waals surface area (Å²) in [6, 6.07) is 0. The predicted molar refractivity (Wildman–Crippen MR) is 158 cm³/mol. The number of hydrogen-bond donors (Lipinski definition) is 0. The maximum absolute atomic E-state index is 11.7. The summed E-state index contributed by atoms with van der Waals surface area (Å²) in [5.74, 6) is 0.317. The third-order valence-electron chi connectivity index (χ3n) is 6.95. The van der Waals surface area contributed by atoms with Gasteiger partial charge in [-0.25, -0.2) is 0 Å². The molecule has 206 valence electrons. The van der Waals surface area contributed by atoms with Crippen molar-refractivity contribution in [2.24, 2.45) is 0 Å². The fourth-order valence-corrected chi connectivity index (χ4v) is 4.73. The van der Waals surface area contributed by atoms with E-state index in [0.29, 0.717) is 12.3 Å². The van der Waals surface area contributed by atoms with E-state index in [-0.39, 0.29) is 0 Å². The molecule has 0 heterocycles. The topological polar surface area (TPSA) is 20.3 Å². The Labute approximate surface area is 221 Å². The van der Waals surface area contributed by atoms with Gasteiger partial charge in [-0.15, -0.1) is 0 Å². The quantitative estimate of drug-likeness (QED) is 0.0804. The van der Waals surface area contributed by atoms with E-state index in [4.69, 9.17) is 0 Å². The molecule has 2 nitrogen and oxygen atoms in total. The fourth-order valence-electron chi connectivity index (χ4n) is 4.73. The highest BCUT2D eigenvalue weighted by Gasteiger charge is 2.07. The van der Waals surface area contributed by atoms with E-state index in [9.17, 15) is 4.79 Å². The Balaban J connectivity index is 3.59. The number of ketones is 1. The number of carbonyl (C=O) groups excluding carboxylic acids is 1. The molecule has 0 aliphatic carbocycles. The van der Waals surface area contributed by atoms with Crippen LogP contribution in [0.25, 0.3) is 0 Å². The van der Waals surface area contributed by atoms with Crippen molar-refractivity contribution in [3.8, 4) is 0 Å². The molecular weight excluding hydrogens is 426 g/mol. The van der Waals surface area contributed by atoms with Crippen molar-refractivity contribution in [1.29, 1.82) is 0 Å². The molecule has 0 saturated carbocycles. The zero-order chi connectivity index (χ0) is 25.7. The highest BCUT2D eigenvalue weighted by molar-refractivity contribution is 5.77. The molecule has 0 saturated heterocycles. The first-order valence-electron chi connectivity index (χ1n) is 15.7. The Bertz CT molecular complexity index is 481. The van der Waals surface area contributed by atoms with Crippen LogP contribution in [0.1, 0.15) is 162 Å². The highest BCUT2D eigenvalue weighted by Crippen LogP contribution is 2.12. The summed E-state index contributed by atoms with van der Waals surface area (Å²) in [6.07, 6.45) is 38.6. The molecule has 0 N–H and O–H groups in total. The number of hydrogen-bond acceptors (Lipinski definition) is 2. The minimum absolute atomic E-state index is 0.317. The van der Waals surface area contributed by atoms with Crippen LogP contribution in [0.4, 0.5) is 0 Å². The highest BCUT2D eigenvalue weighted by atomic mass is 16.1. The van der Waals surface area contributed by atoms with E-state index in [1.54, 1.807) is 6.92 Å². The Kier molecular flexibility index (Phi) is 28.6. The van der Waals surface area contributed by atoms with Gasteiger partial charge in [-0.3, -0.25) is 9.69 Å². The van der Waals surface area contributed by atoms with Crippen LogP contribution < -0.4 is 0 Å². The minimum Gasteiger partial charge on any atom is -0.299 e. The van der Waals surface area contributed by atoms with Crippen LogP contribution in [0.3, 0.4) is 0 Å². The summed E-state index contributed by atoms with van der Waals surface area (Å²) in [6.45, 7) is 9.15. The van der Waals surface area contributed by atoms with Crippen molar-refractivity contribution in [2.75, 3.05) is 19.6 Å². The van der Waals surface area contributed by atoms with Crippen molar-refractivity contribution in [3.63, 3.8) is 0 Å². The van der Waals surface area contributed by atoms with E-state index in [2.05, 4.69) is 43.1 Å². The average Bonchev–Trinajstić information content (AvgIpc) is 2.84. The lowest BCUT2D eigenvalue weighted by molar-refractivity contribution is -0.118. The summed E-state index contributed by atoms with van der Waals surface area (Å²) in [5.41, 5.74) is 0. The smallest absolute Gasteiger partial charge is 0.143 e. The lowest BCUT2D eigenvalue weighted by Crippen LogP contribution is -2.30. The molecule has 0 radical (unpaired) electrons. The molecular formula is C33H63NO. The standard InChI is InChI=1S/C33H63NO/c1-4-6-8-10-12-14-16-17-18-19-20-21-23-25-27-29-31-34(32-33(3)35)30-28-26-24-22-15-13-11-9-7-5-2/h12,14,17-18H,4-11,13,15-16,19-32H2,1-3H3/b14-12-,18-17-. The monoisotopic (exact) mass is 489 g/mol. The van der Waals surface area contributed by atoms with Gasteiger partial charge in [-0.05, 0) is 65.0 Å². The van der Waals surface area contributed by atoms with Gasteiger partial charge in [0.1, 0.15) is 5.78 Å². The second-order valence-corrected chi connectivity index (χ2v) is 10.7. The van der Waals surface area contributed by atoms with Crippen LogP contribution in [0.5, 0.6) is 0 Å². The number of unbranched alkanes of at least 4 members (excludes halogenated alkanes) is 18. The Morgan fingerprint density at radius 3 is 1.34 bits per heavy atom. The van der Waals surface area contributed by atoms with Crippen LogP contribution in [0, 0.1) is 0 Å². The minimum atomic E-state index is 0.317. The van der Waals surface area contributed by atoms with Crippen LogP contribution in [0.2, 0.25) is 0 Å². The second kappa shape index (κ2) is 29.3. The van der Waals surface area contributed by atoms with Gasteiger partial charge in [0.15, 0.2) is 0 Å². The molecule has 0 spiro atoms. The van der Waals surface area contributed by atoms with Gasteiger partial charge in [0.2, 0.25) is 0 Å². The third-order valence-corrected chi connectivity index (χ3v) is 6.95. The van der Waals surface area contributed by atoms with E-state index >= 15 is 0 Å². The zero-order valence-electron chi connectivity index (χ0n) is 24.3. The molecule has 0 rings (SSSR count). The van der Waals surface area contributed by atoms with E-state index in [1.807, 2.05) is 0 Å². The number of carbonyl (C=O) groups is 1. The number of Topliss-reactive ketones (excluding diaryl/α,β-unsaturated/α-hetero) is 1. The third kappa shape index (κ3) is 29.2. The largest absolute Gasteiger partial charge is 0.299 e. The first-order chi connectivity index (χ1) is 17.2. The summed E-state index contributed by atoms with van der Waals surface area (Å²) in [4.78, 5) is 14.1. The first kappa shape index (κ1) is 34.1. The summed E-state index contributed by atoms with van der Waals surface area (Å²) in [5, 5.41) is 0. The molecule has 0 aliphatic rings.